The molecule has 0 spiro atoms. The number of thiazole rings is 1. The minimum Gasteiger partial charge on any atom is -0.481 e. The maximum atomic E-state index is 10.5. The van der Waals surface area contributed by atoms with Gasteiger partial charge in [-0.1, -0.05) is 25.6 Å². The Morgan fingerprint density at radius 1 is 1.62 bits per heavy atom. The molecule has 0 amide bonds. The number of carbonyl (C=O) groups is 1. The predicted octanol–water partition coefficient (Wildman–Crippen LogP) is 3.01. The molecule has 1 N–H and O–H groups in total. The first-order valence-corrected chi connectivity index (χ1v) is 7.20. The van der Waals surface area contributed by atoms with Crippen molar-refractivity contribution in [2.75, 3.05) is 5.75 Å². The van der Waals surface area contributed by atoms with Gasteiger partial charge >= 0.3 is 5.97 Å². The molecular weight excluding hydrogens is 242 g/mol. The summed E-state index contributed by atoms with van der Waals surface area (Å²) in [6.45, 7) is 4.48. The largest absolute Gasteiger partial charge is 0.481 e. The summed E-state index contributed by atoms with van der Waals surface area (Å²) in [5.41, 5.74) is 1.20. The summed E-state index contributed by atoms with van der Waals surface area (Å²) in [4.78, 5) is 16.4. The summed E-state index contributed by atoms with van der Waals surface area (Å²) >= 11 is 3.01. The van der Waals surface area contributed by atoms with Crippen molar-refractivity contribution in [3.05, 3.63) is 10.6 Å². The molecule has 88 valence electrons. The van der Waals surface area contributed by atoms with Gasteiger partial charge in [0.25, 0.3) is 0 Å². The van der Waals surface area contributed by atoms with Gasteiger partial charge in [0, 0.05) is 4.88 Å². The van der Waals surface area contributed by atoms with Crippen LogP contribution in [0.1, 0.15) is 36.8 Å². The first-order chi connectivity index (χ1) is 7.56. The Morgan fingerprint density at radius 3 is 3.06 bits per heavy atom. The molecule has 5 heteroatoms. The number of thioether (sulfide) groups is 1. The number of carboxylic acid groups (broad SMARTS) is 1. The number of fused-ring (bicyclic) bond motifs is 1. The van der Waals surface area contributed by atoms with Crippen LogP contribution in [0.5, 0.6) is 0 Å². The van der Waals surface area contributed by atoms with Crippen molar-refractivity contribution in [3.8, 4) is 0 Å². The monoisotopic (exact) mass is 257 g/mol. The van der Waals surface area contributed by atoms with Crippen LogP contribution in [0.4, 0.5) is 0 Å². The van der Waals surface area contributed by atoms with E-state index in [9.17, 15) is 4.79 Å². The lowest BCUT2D eigenvalue weighted by molar-refractivity contribution is -0.133. The second-order valence-corrected chi connectivity index (χ2v) is 6.72. The third-order valence-corrected chi connectivity index (χ3v) is 5.00. The van der Waals surface area contributed by atoms with Crippen molar-refractivity contribution in [1.82, 2.24) is 4.98 Å². The molecule has 2 rings (SSSR count). The lowest BCUT2D eigenvalue weighted by Crippen LogP contribution is -2.13. The predicted molar refractivity (Wildman–Crippen MR) is 66.4 cm³/mol. The molecule has 0 saturated carbocycles. The molecule has 16 heavy (non-hydrogen) atoms. The second-order valence-electron chi connectivity index (χ2n) is 4.42. The fraction of sp³-hybridized carbons (Fsp3) is 0.636. The van der Waals surface area contributed by atoms with Crippen LogP contribution in [0.25, 0.3) is 0 Å². The van der Waals surface area contributed by atoms with Crippen molar-refractivity contribution in [1.29, 1.82) is 0 Å². The van der Waals surface area contributed by atoms with E-state index < -0.39 is 5.97 Å². The highest BCUT2D eigenvalue weighted by Gasteiger charge is 2.25. The Kier molecular flexibility index (Phi) is 3.54. The maximum Gasteiger partial charge on any atom is 0.313 e. The Hall–Kier alpha value is -0.550. The van der Waals surface area contributed by atoms with Crippen LogP contribution in [0.3, 0.4) is 0 Å². The van der Waals surface area contributed by atoms with Crippen molar-refractivity contribution in [3.63, 3.8) is 0 Å². The molecule has 0 saturated heterocycles. The van der Waals surface area contributed by atoms with E-state index >= 15 is 0 Å². The molecule has 1 aliphatic carbocycles. The summed E-state index contributed by atoms with van der Waals surface area (Å²) in [7, 11) is 0. The van der Waals surface area contributed by atoms with E-state index in [4.69, 9.17) is 5.11 Å². The summed E-state index contributed by atoms with van der Waals surface area (Å²) in [5.74, 6) is 0.574. The van der Waals surface area contributed by atoms with Crippen LogP contribution in [0.2, 0.25) is 0 Å². The third kappa shape index (κ3) is 2.58. The molecule has 0 fully saturated rings. The molecule has 3 nitrogen and oxygen atoms in total. The van der Waals surface area contributed by atoms with Gasteiger partial charge in [0.1, 0.15) is 0 Å². The number of aromatic nitrogens is 1. The molecule has 1 aliphatic rings. The van der Waals surface area contributed by atoms with E-state index in [1.165, 1.54) is 28.8 Å². The van der Waals surface area contributed by atoms with E-state index in [2.05, 4.69) is 18.8 Å². The summed E-state index contributed by atoms with van der Waals surface area (Å²) < 4.78 is 0.911. The number of hydrogen-bond donors (Lipinski definition) is 1. The number of carboxylic acids is 1. The number of rotatable bonds is 3. The van der Waals surface area contributed by atoms with Gasteiger partial charge in [-0.05, 0) is 24.7 Å². The van der Waals surface area contributed by atoms with Crippen LogP contribution >= 0.6 is 23.1 Å². The average Bonchev–Trinajstić information content (AvgIpc) is 2.57. The van der Waals surface area contributed by atoms with E-state index in [1.54, 1.807) is 11.3 Å². The highest BCUT2D eigenvalue weighted by Crippen LogP contribution is 2.39. The Labute approximate surface area is 103 Å². The van der Waals surface area contributed by atoms with Gasteiger partial charge in [-0.15, -0.1) is 11.3 Å². The average molecular weight is 257 g/mol. The van der Waals surface area contributed by atoms with Crippen LogP contribution in [0, 0.1) is 5.92 Å². The van der Waals surface area contributed by atoms with Crippen molar-refractivity contribution in [2.24, 2.45) is 5.92 Å². The molecule has 0 aromatic carbocycles. The van der Waals surface area contributed by atoms with Crippen molar-refractivity contribution >= 4 is 29.1 Å². The van der Waals surface area contributed by atoms with E-state index in [0.717, 1.165) is 16.7 Å². The first kappa shape index (κ1) is 11.9. The molecule has 2 unspecified atom stereocenters. The standard InChI is InChI=1S/C11H15NO2S2/c1-6-3-7(2)10-8(4-6)16-11(12-10)15-5-9(13)14/h6-7H,3-5H2,1-2H3,(H,13,14). The lowest BCUT2D eigenvalue weighted by Gasteiger charge is -2.22. The zero-order valence-corrected chi connectivity index (χ0v) is 11.0. The zero-order chi connectivity index (χ0) is 11.7. The molecule has 1 heterocycles. The molecule has 0 aliphatic heterocycles. The normalized spacial score (nSPS) is 24.1. The van der Waals surface area contributed by atoms with Crippen molar-refractivity contribution < 1.29 is 9.90 Å². The number of aliphatic carboxylic acids is 1. The van der Waals surface area contributed by atoms with Gasteiger partial charge in [0.05, 0.1) is 11.4 Å². The van der Waals surface area contributed by atoms with E-state index in [1.807, 2.05) is 0 Å². The number of nitrogens with zero attached hydrogens (tertiary/aromatic N) is 1. The maximum absolute atomic E-state index is 10.5. The Morgan fingerprint density at radius 2 is 2.38 bits per heavy atom. The minimum atomic E-state index is -0.778. The van der Waals surface area contributed by atoms with Gasteiger partial charge in [0.2, 0.25) is 0 Å². The summed E-state index contributed by atoms with van der Waals surface area (Å²) in [6.07, 6.45) is 2.30. The third-order valence-electron chi connectivity index (χ3n) is 2.78. The second kappa shape index (κ2) is 4.75. The molecule has 1 aromatic rings. The molecule has 0 radical (unpaired) electrons. The fourth-order valence-corrected chi connectivity index (χ4v) is 4.37. The Balaban J connectivity index is 2.13. The van der Waals surface area contributed by atoms with Gasteiger partial charge in [-0.3, -0.25) is 4.79 Å². The highest BCUT2D eigenvalue weighted by atomic mass is 32.2. The highest BCUT2D eigenvalue weighted by molar-refractivity contribution is 8.01. The molecule has 1 aromatic heterocycles. The first-order valence-electron chi connectivity index (χ1n) is 5.40. The van der Waals surface area contributed by atoms with E-state index in [-0.39, 0.29) is 5.75 Å². The lowest BCUT2D eigenvalue weighted by atomic mass is 9.85. The van der Waals surface area contributed by atoms with Gasteiger partial charge in [-0.2, -0.15) is 0 Å². The summed E-state index contributed by atoms with van der Waals surface area (Å²) in [5, 5.41) is 8.63. The fourth-order valence-electron chi connectivity index (χ4n) is 2.17. The van der Waals surface area contributed by atoms with Crippen LogP contribution in [-0.4, -0.2) is 21.8 Å². The summed E-state index contributed by atoms with van der Waals surface area (Å²) in [6, 6.07) is 0. The molecular formula is C11H15NO2S2. The van der Waals surface area contributed by atoms with Gasteiger partial charge < -0.3 is 5.11 Å². The zero-order valence-electron chi connectivity index (χ0n) is 9.40. The van der Waals surface area contributed by atoms with Gasteiger partial charge in [-0.25, -0.2) is 4.98 Å². The number of hydrogen-bond acceptors (Lipinski definition) is 4. The van der Waals surface area contributed by atoms with Crippen LogP contribution in [0.15, 0.2) is 4.34 Å². The van der Waals surface area contributed by atoms with Crippen LogP contribution < -0.4 is 0 Å². The quantitative estimate of drug-likeness (QED) is 0.846. The smallest absolute Gasteiger partial charge is 0.313 e. The van der Waals surface area contributed by atoms with Crippen molar-refractivity contribution in [2.45, 2.75) is 36.9 Å². The molecule has 2 atom stereocenters. The minimum absolute atomic E-state index is 0.107. The SMILES string of the molecule is CC1Cc2sc(SCC(=O)O)nc2C(C)C1. The topological polar surface area (TPSA) is 50.2 Å². The van der Waals surface area contributed by atoms with E-state index in [0.29, 0.717) is 5.92 Å². The van der Waals surface area contributed by atoms with Gasteiger partial charge in [0.15, 0.2) is 4.34 Å². The van der Waals surface area contributed by atoms with Crippen LogP contribution in [-0.2, 0) is 11.2 Å². The molecule has 0 bridgehead atoms. The Bertz CT molecular complexity index is 403.